The van der Waals surface area contributed by atoms with E-state index in [1.807, 2.05) is 6.07 Å². The standard InChI is InChI=1S/C12H7FN2S/c13-10-3-1-2-4-11(10)16-12-7-9(8-14)5-6-15-12/h1-7H. The van der Waals surface area contributed by atoms with Crippen molar-refractivity contribution in [2.45, 2.75) is 9.92 Å². The fraction of sp³-hybridized carbons (Fsp3) is 0. The van der Waals surface area contributed by atoms with Crippen LogP contribution in [0.3, 0.4) is 0 Å². The van der Waals surface area contributed by atoms with Crippen LogP contribution in [-0.2, 0) is 0 Å². The minimum absolute atomic E-state index is 0.281. The van der Waals surface area contributed by atoms with Gasteiger partial charge in [-0.1, -0.05) is 23.9 Å². The van der Waals surface area contributed by atoms with Gasteiger partial charge in [0.15, 0.2) is 0 Å². The van der Waals surface area contributed by atoms with Gasteiger partial charge in [-0.3, -0.25) is 0 Å². The Morgan fingerprint density at radius 1 is 1.25 bits per heavy atom. The second-order valence-electron chi connectivity index (χ2n) is 3.03. The first-order chi connectivity index (χ1) is 7.79. The van der Waals surface area contributed by atoms with Crippen LogP contribution in [0.2, 0.25) is 0 Å². The van der Waals surface area contributed by atoms with Crippen molar-refractivity contribution in [1.82, 2.24) is 4.98 Å². The molecule has 0 amide bonds. The van der Waals surface area contributed by atoms with Crippen molar-refractivity contribution in [3.8, 4) is 6.07 Å². The quantitative estimate of drug-likeness (QED) is 0.794. The van der Waals surface area contributed by atoms with E-state index >= 15 is 0 Å². The number of nitriles is 1. The lowest BCUT2D eigenvalue weighted by atomic mass is 10.3. The van der Waals surface area contributed by atoms with Gasteiger partial charge in [0, 0.05) is 11.1 Å². The first kappa shape index (κ1) is 10.7. The Bertz CT molecular complexity index is 549. The van der Waals surface area contributed by atoms with Crippen LogP contribution in [0, 0.1) is 17.1 Å². The first-order valence-corrected chi connectivity index (χ1v) is 5.40. The highest BCUT2D eigenvalue weighted by Crippen LogP contribution is 2.28. The Kier molecular flexibility index (Phi) is 3.18. The average molecular weight is 230 g/mol. The lowest BCUT2D eigenvalue weighted by molar-refractivity contribution is 0.602. The lowest BCUT2D eigenvalue weighted by Gasteiger charge is -2.01. The van der Waals surface area contributed by atoms with E-state index in [4.69, 9.17) is 5.26 Å². The van der Waals surface area contributed by atoms with Gasteiger partial charge in [-0.2, -0.15) is 5.26 Å². The molecule has 2 nitrogen and oxygen atoms in total. The summed E-state index contributed by atoms with van der Waals surface area (Å²) in [6, 6.07) is 11.8. The maximum atomic E-state index is 13.3. The highest BCUT2D eigenvalue weighted by Gasteiger charge is 2.04. The van der Waals surface area contributed by atoms with Gasteiger partial charge in [-0.05, 0) is 24.3 Å². The highest BCUT2D eigenvalue weighted by molar-refractivity contribution is 7.99. The van der Waals surface area contributed by atoms with Crippen LogP contribution in [0.4, 0.5) is 4.39 Å². The number of aromatic nitrogens is 1. The van der Waals surface area contributed by atoms with E-state index < -0.39 is 0 Å². The molecule has 0 aliphatic carbocycles. The Hall–Kier alpha value is -1.86. The molecule has 0 aliphatic heterocycles. The molecule has 16 heavy (non-hydrogen) atoms. The molecule has 78 valence electrons. The molecule has 0 fully saturated rings. The second kappa shape index (κ2) is 4.77. The molecule has 0 N–H and O–H groups in total. The molecule has 0 radical (unpaired) electrons. The van der Waals surface area contributed by atoms with Crippen molar-refractivity contribution in [2.24, 2.45) is 0 Å². The number of hydrogen-bond donors (Lipinski definition) is 0. The molecule has 2 rings (SSSR count). The first-order valence-electron chi connectivity index (χ1n) is 4.58. The maximum absolute atomic E-state index is 13.3. The normalized spacial score (nSPS) is 9.75. The number of pyridine rings is 1. The molecule has 0 unspecified atom stereocenters. The predicted octanol–water partition coefficient (Wildman–Crippen LogP) is 3.24. The van der Waals surface area contributed by atoms with Crippen LogP contribution < -0.4 is 0 Å². The summed E-state index contributed by atoms with van der Waals surface area (Å²) in [6.45, 7) is 0. The Morgan fingerprint density at radius 3 is 2.81 bits per heavy atom. The van der Waals surface area contributed by atoms with Crippen molar-refractivity contribution in [1.29, 1.82) is 5.26 Å². The molecule has 2 aromatic rings. The molecular formula is C12H7FN2S. The van der Waals surface area contributed by atoms with E-state index in [-0.39, 0.29) is 5.82 Å². The smallest absolute Gasteiger partial charge is 0.137 e. The highest BCUT2D eigenvalue weighted by atomic mass is 32.2. The van der Waals surface area contributed by atoms with Gasteiger partial charge < -0.3 is 0 Å². The monoisotopic (exact) mass is 230 g/mol. The zero-order valence-corrected chi connectivity index (χ0v) is 9.04. The van der Waals surface area contributed by atoms with E-state index in [0.717, 1.165) is 0 Å². The van der Waals surface area contributed by atoms with Crippen molar-refractivity contribution >= 4 is 11.8 Å². The summed E-state index contributed by atoms with van der Waals surface area (Å²) in [5, 5.41) is 9.34. The van der Waals surface area contributed by atoms with Crippen LogP contribution in [0.1, 0.15) is 5.56 Å². The van der Waals surface area contributed by atoms with Crippen LogP contribution in [0.5, 0.6) is 0 Å². The zero-order chi connectivity index (χ0) is 11.4. The SMILES string of the molecule is N#Cc1ccnc(Sc2ccccc2F)c1. The van der Waals surface area contributed by atoms with Gasteiger partial charge in [-0.25, -0.2) is 9.37 Å². The molecule has 0 bridgehead atoms. The van der Waals surface area contributed by atoms with Gasteiger partial charge in [0.05, 0.1) is 11.6 Å². The van der Waals surface area contributed by atoms with Crippen LogP contribution >= 0.6 is 11.8 Å². The molecule has 0 spiro atoms. The van der Waals surface area contributed by atoms with Gasteiger partial charge in [0.1, 0.15) is 10.8 Å². The van der Waals surface area contributed by atoms with Crippen LogP contribution in [0.25, 0.3) is 0 Å². The molecule has 4 heteroatoms. The van der Waals surface area contributed by atoms with Gasteiger partial charge in [0.2, 0.25) is 0 Å². The summed E-state index contributed by atoms with van der Waals surface area (Å²) in [4.78, 5) is 4.57. The summed E-state index contributed by atoms with van der Waals surface area (Å²) >= 11 is 1.21. The minimum atomic E-state index is -0.281. The van der Waals surface area contributed by atoms with Crippen LogP contribution in [0.15, 0.2) is 52.5 Å². The summed E-state index contributed by atoms with van der Waals surface area (Å²) in [6.07, 6.45) is 1.54. The van der Waals surface area contributed by atoms with Crippen molar-refractivity contribution in [3.05, 3.63) is 54.0 Å². The predicted molar refractivity (Wildman–Crippen MR) is 59.5 cm³/mol. The number of benzene rings is 1. The summed E-state index contributed by atoms with van der Waals surface area (Å²) < 4.78 is 13.3. The topological polar surface area (TPSA) is 36.7 Å². The number of halogens is 1. The molecule has 0 atom stereocenters. The maximum Gasteiger partial charge on any atom is 0.137 e. The number of rotatable bonds is 2. The van der Waals surface area contributed by atoms with Crippen molar-refractivity contribution in [2.75, 3.05) is 0 Å². The summed E-state index contributed by atoms with van der Waals surface area (Å²) in [7, 11) is 0. The van der Waals surface area contributed by atoms with E-state index in [0.29, 0.717) is 15.5 Å². The molecule has 0 saturated carbocycles. The average Bonchev–Trinajstić information content (AvgIpc) is 2.32. The van der Waals surface area contributed by atoms with Gasteiger partial charge in [0.25, 0.3) is 0 Å². The van der Waals surface area contributed by atoms with Crippen molar-refractivity contribution < 1.29 is 4.39 Å². The van der Waals surface area contributed by atoms with E-state index in [1.165, 1.54) is 17.8 Å². The number of nitrogens with zero attached hydrogens (tertiary/aromatic N) is 2. The van der Waals surface area contributed by atoms with Crippen molar-refractivity contribution in [3.63, 3.8) is 0 Å². The van der Waals surface area contributed by atoms with E-state index in [9.17, 15) is 4.39 Å². The lowest BCUT2D eigenvalue weighted by Crippen LogP contribution is -1.84. The van der Waals surface area contributed by atoms with E-state index in [2.05, 4.69) is 4.98 Å². The fourth-order valence-corrected chi connectivity index (χ4v) is 2.01. The van der Waals surface area contributed by atoms with E-state index in [1.54, 1.807) is 36.5 Å². The molecule has 0 saturated heterocycles. The molecule has 1 aromatic carbocycles. The molecular weight excluding hydrogens is 223 g/mol. The van der Waals surface area contributed by atoms with Gasteiger partial charge in [-0.15, -0.1) is 0 Å². The summed E-state index contributed by atoms with van der Waals surface area (Å²) in [5.74, 6) is -0.281. The third-order valence-corrected chi connectivity index (χ3v) is 2.90. The largest absolute Gasteiger partial charge is 0.250 e. The Morgan fingerprint density at radius 2 is 2.06 bits per heavy atom. The zero-order valence-electron chi connectivity index (χ0n) is 8.22. The minimum Gasteiger partial charge on any atom is -0.250 e. The Balaban J connectivity index is 2.28. The molecule has 0 aliphatic rings. The molecule has 1 aromatic heterocycles. The fourth-order valence-electron chi connectivity index (χ4n) is 1.17. The number of hydrogen-bond acceptors (Lipinski definition) is 3. The van der Waals surface area contributed by atoms with Gasteiger partial charge >= 0.3 is 0 Å². The third kappa shape index (κ3) is 2.38. The summed E-state index contributed by atoms with van der Waals surface area (Å²) in [5.41, 5.74) is 0.522. The third-order valence-electron chi connectivity index (χ3n) is 1.92. The van der Waals surface area contributed by atoms with Crippen LogP contribution in [-0.4, -0.2) is 4.98 Å². The Labute approximate surface area is 96.8 Å². The second-order valence-corrected chi connectivity index (χ2v) is 4.09. The molecule has 1 heterocycles.